The Labute approximate surface area is 114 Å². The fourth-order valence-corrected chi connectivity index (χ4v) is 2.01. The van der Waals surface area contributed by atoms with E-state index < -0.39 is 0 Å². The van der Waals surface area contributed by atoms with Crippen LogP contribution in [0.1, 0.15) is 11.1 Å². The Morgan fingerprint density at radius 1 is 1.16 bits per heavy atom. The molecule has 2 aromatic carbocycles. The third kappa shape index (κ3) is 3.65. The van der Waals surface area contributed by atoms with Gasteiger partial charge in [-0.15, -0.1) is 0 Å². The molecule has 0 fully saturated rings. The molecule has 3 heteroatoms. The van der Waals surface area contributed by atoms with Gasteiger partial charge in [0.15, 0.2) is 0 Å². The van der Waals surface area contributed by atoms with E-state index in [0.717, 1.165) is 30.1 Å². The molecular formula is C16H20N2O. The number of hydrogen-bond donors (Lipinski definition) is 2. The van der Waals surface area contributed by atoms with Crippen LogP contribution in [0.25, 0.3) is 0 Å². The van der Waals surface area contributed by atoms with Crippen molar-refractivity contribution in [2.45, 2.75) is 13.3 Å². The second kappa shape index (κ2) is 6.14. The maximum atomic E-state index is 5.96. The van der Waals surface area contributed by atoms with Gasteiger partial charge in [0.05, 0.1) is 18.5 Å². The van der Waals surface area contributed by atoms with Gasteiger partial charge in [-0.25, -0.2) is 0 Å². The van der Waals surface area contributed by atoms with Crippen molar-refractivity contribution in [3.05, 3.63) is 53.6 Å². The first-order chi connectivity index (χ1) is 9.19. The van der Waals surface area contributed by atoms with Gasteiger partial charge in [0.1, 0.15) is 5.75 Å². The molecule has 0 aliphatic carbocycles. The number of nitrogens with two attached hydrogens (primary N) is 1. The Balaban J connectivity index is 1.92. The number of hydrogen-bond acceptors (Lipinski definition) is 3. The van der Waals surface area contributed by atoms with Crippen molar-refractivity contribution in [1.29, 1.82) is 0 Å². The molecule has 19 heavy (non-hydrogen) atoms. The van der Waals surface area contributed by atoms with Crippen LogP contribution in [0.3, 0.4) is 0 Å². The van der Waals surface area contributed by atoms with Crippen molar-refractivity contribution in [2.75, 3.05) is 24.7 Å². The Hall–Kier alpha value is -2.16. The largest absolute Gasteiger partial charge is 0.497 e. The third-order valence-electron chi connectivity index (χ3n) is 3.07. The molecule has 3 nitrogen and oxygen atoms in total. The number of ether oxygens (including phenoxy) is 1. The van der Waals surface area contributed by atoms with Crippen molar-refractivity contribution >= 4 is 11.4 Å². The standard InChI is InChI=1S/C16H20N2O/c1-12-6-7-16(15(17)10-12)18-9-8-13-4-3-5-14(11-13)19-2/h3-7,10-11,18H,8-9,17H2,1-2H3. The lowest BCUT2D eigenvalue weighted by Gasteiger charge is -2.10. The molecule has 0 aromatic heterocycles. The molecule has 0 aliphatic heterocycles. The number of aryl methyl sites for hydroxylation is 1. The van der Waals surface area contributed by atoms with E-state index in [4.69, 9.17) is 10.5 Å². The van der Waals surface area contributed by atoms with Crippen LogP contribution in [-0.2, 0) is 6.42 Å². The predicted octanol–water partition coefficient (Wildman–Crippen LogP) is 3.24. The Kier molecular flexibility index (Phi) is 4.29. The van der Waals surface area contributed by atoms with Crippen molar-refractivity contribution in [3.8, 4) is 5.75 Å². The molecule has 0 amide bonds. The first kappa shape index (κ1) is 13.3. The average molecular weight is 256 g/mol. The van der Waals surface area contributed by atoms with Gasteiger partial charge in [-0.05, 0) is 48.7 Å². The highest BCUT2D eigenvalue weighted by Crippen LogP contribution is 2.19. The van der Waals surface area contributed by atoms with Gasteiger partial charge in [-0.2, -0.15) is 0 Å². The van der Waals surface area contributed by atoms with Gasteiger partial charge >= 0.3 is 0 Å². The number of methoxy groups -OCH3 is 1. The second-order valence-electron chi connectivity index (χ2n) is 4.62. The molecular weight excluding hydrogens is 236 g/mol. The van der Waals surface area contributed by atoms with E-state index >= 15 is 0 Å². The minimum absolute atomic E-state index is 0.797. The molecule has 3 N–H and O–H groups in total. The molecule has 2 rings (SSSR count). The molecule has 100 valence electrons. The number of anilines is 2. The quantitative estimate of drug-likeness (QED) is 0.807. The highest BCUT2D eigenvalue weighted by atomic mass is 16.5. The Morgan fingerprint density at radius 2 is 2.00 bits per heavy atom. The molecule has 0 saturated heterocycles. The topological polar surface area (TPSA) is 47.3 Å². The molecule has 0 atom stereocenters. The lowest BCUT2D eigenvalue weighted by atomic mass is 10.1. The molecule has 0 bridgehead atoms. The zero-order chi connectivity index (χ0) is 13.7. The summed E-state index contributed by atoms with van der Waals surface area (Å²) in [6.45, 7) is 2.89. The zero-order valence-electron chi connectivity index (χ0n) is 11.4. The van der Waals surface area contributed by atoms with E-state index in [2.05, 4.69) is 23.5 Å². The fraction of sp³-hybridized carbons (Fsp3) is 0.250. The maximum Gasteiger partial charge on any atom is 0.119 e. The second-order valence-corrected chi connectivity index (χ2v) is 4.62. The Morgan fingerprint density at radius 3 is 2.74 bits per heavy atom. The summed E-state index contributed by atoms with van der Waals surface area (Å²) in [5.74, 6) is 0.896. The van der Waals surface area contributed by atoms with Crippen LogP contribution in [0.2, 0.25) is 0 Å². The first-order valence-corrected chi connectivity index (χ1v) is 6.42. The molecule has 2 aromatic rings. The smallest absolute Gasteiger partial charge is 0.119 e. The van der Waals surface area contributed by atoms with E-state index in [1.807, 2.05) is 31.2 Å². The highest BCUT2D eigenvalue weighted by Gasteiger charge is 1.99. The first-order valence-electron chi connectivity index (χ1n) is 6.42. The maximum absolute atomic E-state index is 5.96. The van der Waals surface area contributed by atoms with E-state index in [0.29, 0.717) is 0 Å². The van der Waals surface area contributed by atoms with Crippen LogP contribution < -0.4 is 15.8 Å². The van der Waals surface area contributed by atoms with Gasteiger partial charge in [0.2, 0.25) is 0 Å². The number of benzene rings is 2. The van der Waals surface area contributed by atoms with E-state index in [1.54, 1.807) is 7.11 Å². The van der Waals surface area contributed by atoms with Gasteiger partial charge in [-0.1, -0.05) is 18.2 Å². The van der Waals surface area contributed by atoms with Crippen LogP contribution in [0, 0.1) is 6.92 Å². The normalized spacial score (nSPS) is 10.2. The SMILES string of the molecule is COc1cccc(CCNc2ccc(C)cc2N)c1. The molecule has 0 radical (unpaired) electrons. The highest BCUT2D eigenvalue weighted by molar-refractivity contribution is 5.66. The van der Waals surface area contributed by atoms with Crippen LogP contribution in [0.15, 0.2) is 42.5 Å². The van der Waals surface area contributed by atoms with E-state index in [1.165, 1.54) is 11.1 Å². The monoisotopic (exact) mass is 256 g/mol. The van der Waals surface area contributed by atoms with Crippen molar-refractivity contribution in [1.82, 2.24) is 0 Å². The van der Waals surface area contributed by atoms with Gasteiger partial charge in [0, 0.05) is 6.54 Å². The minimum atomic E-state index is 0.797. The number of nitrogen functional groups attached to an aromatic ring is 1. The van der Waals surface area contributed by atoms with Crippen LogP contribution in [-0.4, -0.2) is 13.7 Å². The van der Waals surface area contributed by atoms with Crippen LogP contribution in [0.4, 0.5) is 11.4 Å². The van der Waals surface area contributed by atoms with Gasteiger partial charge < -0.3 is 15.8 Å². The zero-order valence-corrected chi connectivity index (χ0v) is 11.4. The third-order valence-corrected chi connectivity index (χ3v) is 3.07. The lowest BCUT2D eigenvalue weighted by Crippen LogP contribution is -2.07. The average Bonchev–Trinajstić information content (AvgIpc) is 2.41. The number of rotatable bonds is 5. The molecule has 0 heterocycles. The summed E-state index contributed by atoms with van der Waals surface area (Å²) < 4.78 is 5.21. The minimum Gasteiger partial charge on any atom is -0.497 e. The molecule has 0 spiro atoms. The molecule has 0 unspecified atom stereocenters. The van der Waals surface area contributed by atoms with Crippen LogP contribution in [0.5, 0.6) is 5.75 Å². The van der Waals surface area contributed by atoms with Crippen molar-refractivity contribution < 1.29 is 4.74 Å². The van der Waals surface area contributed by atoms with E-state index in [9.17, 15) is 0 Å². The van der Waals surface area contributed by atoms with Crippen molar-refractivity contribution in [3.63, 3.8) is 0 Å². The molecule has 0 aliphatic rings. The predicted molar refractivity (Wildman–Crippen MR) is 80.8 cm³/mol. The van der Waals surface area contributed by atoms with Gasteiger partial charge in [-0.3, -0.25) is 0 Å². The summed E-state index contributed by atoms with van der Waals surface area (Å²) in [5.41, 5.74) is 10.2. The van der Waals surface area contributed by atoms with E-state index in [-0.39, 0.29) is 0 Å². The summed E-state index contributed by atoms with van der Waals surface area (Å²) in [7, 11) is 1.68. The Bertz CT molecular complexity index is 552. The van der Waals surface area contributed by atoms with Gasteiger partial charge in [0.25, 0.3) is 0 Å². The summed E-state index contributed by atoms with van der Waals surface area (Å²) in [6.07, 6.45) is 0.935. The number of nitrogens with one attached hydrogen (secondary N) is 1. The summed E-state index contributed by atoms with van der Waals surface area (Å²) in [6, 6.07) is 14.2. The molecule has 0 saturated carbocycles. The summed E-state index contributed by atoms with van der Waals surface area (Å²) in [4.78, 5) is 0. The summed E-state index contributed by atoms with van der Waals surface area (Å²) in [5, 5.41) is 3.36. The van der Waals surface area contributed by atoms with Crippen molar-refractivity contribution in [2.24, 2.45) is 0 Å². The fourth-order valence-electron chi connectivity index (χ4n) is 2.01. The summed E-state index contributed by atoms with van der Waals surface area (Å²) >= 11 is 0. The lowest BCUT2D eigenvalue weighted by molar-refractivity contribution is 0.414. The van der Waals surface area contributed by atoms with Crippen LogP contribution >= 0.6 is 0 Å².